The third kappa shape index (κ3) is 5.68. The Morgan fingerprint density at radius 2 is 1.43 bits per heavy atom. The number of aliphatic hydroxyl groups is 1. The topological polar surface area (TPSA) is 46.5 Å². The van der Waals surface area contributed by atoms with Crippen LogP contribution in [0.2, 0.25) is 0 Å². The van der Waals surface area contributed by atoms with Gasteiger partial charge in [-0.05, 0) is 30.9 Å². The van der Waals surface area contributed by atoms with E-state index in [1.165, 1.54) is 0 Å². The molecule has 0 amide bonds. The van der Waals surface area contributed by atoms with E-state index in [0.29, 0.717) is 17.7 Å². The Labute approximate surface area is 178 Å². The lowest BCUT2D eigenvalue weighted by molar-refractivity contribution is -0.899. The summed E-state index contributed by atoms with van der Waals surface area (Å²) in [6.07, 6.45) is 0. The maximum atomic E-state index is 12.8. The zero-order valence-corrected chi connectivity index (χ0v) is 18.3. The standard InChI is InChI=1S/C23H28NO3.BrH/c1-4-24(3,5-2)18-12-13-19-27-22(25)23(26,20-14-8-6-9-15-20)21-16-10-7-11-17-21;/h6-11,14-17,26H,4-5,18-19H2,1-3H3;1H/q+1;/p-1. The Hall–Kier alpha value is -2.13. The third-order valence-electron chi connectivity index (χ3n) is 5.07. The second-order valence-corrected chi connectivity index (χ2v) is 6.78. The van der Waals surface area contributed by atoms with Gasteiger partial charge in [0.1, 0.15) is 6.54 Å². The Morgan fingerprint density at radius 1 is 0.964 bits per heavy atom. The van der Waals surface area contributed by atoms with Crippen LogP contribution in [-0.2, 0) is 15.1 Å². The fraction of sp³-hybridized carbons (Fsp3) is 0.348. The quantitative estimate of drug-likeness (QED) is 0.369. The summed E-state index contributed by atoms with van der Waals surface area (Å²) in [5.74, 6) is 5.25. The van der Waals surface area contributed by atoms with Gasteiger partial charge in [-0.25, -0.2) is 4.79 Å². The molecule has 0 saturated carbocycles. The Morgan fingerprint density at radius 3 is 1.86 bits per heavy atom. The lowest BCUT2D eigenvalue weighted by atomic mass is 9.86. The normalized spacial score (nSPS) is 11.0. The van der Waals surface area contributed by atoms with Gasteiger partial charge in [-0.1, -0.05) is 66.6 Å². The average Bonchev–Trinajstić information content (AvgIpc) is 2.73. The van der Waals surface area contributed by atoms with Crippen LogP contribution in [-0.4, -0.2) is 48.8 Å². The van der Waals surface area contributed by atoms with E-state index < -0.39 is 11.6 Å². The fourth-order valence-electron chi connectivity index (χ4n) is 2.71. The van der Waals surface area contributed by atoms with Crippen molar-refractivity contribution in [3.05, 3.63) is 71.8 Å². The average molecular weight is 446 g/mol. The van der Waals surface area contributed by atoms with Gasteiger partial charge in [0.15, 0.2) is 6.61 Å². The molecule has 0 spiro atoms. The SMILES string of the molecule is CC[N+](C)(CC)CC#CCOC(=O)C(O)(c1ccccc1)c1ccccc1.[Br-]. The molecule has 28 heavy (non-hydrogen) atoms. The summed E-state index contributed by atoms with van der Waals surface area (Å²) in [5.41, 5.74) is -0.924. The van der Waals surface area contributed by atoms with E-state index >= 15 is 0 Å². The lowest BCUT2D eigenvalue weighted by Crippen LogP contribution is -3.00. The number of esters is 1. The van der Waals surface area contributed by atoms with Gasteiger partial charge >= 0.3 is 5.97 Å². The minimum Gasteiger partial charge on any atom is -1.00 e. The molecule has 0 aromatic heterocycles. The van der Waals surface area contributed by atoms with Crippen molar-refractivity contribution in [2.45, 2.75) is 19.4 Å². The number of hydrogen-bond acceptors (Lipinski definition) is 3. The molecule has 1 N–H and O–H groups in total. The molecule has 2 aromatic rings. The van der Waals surface area contributed by atoms with E-state index in [1.807, 2.05) is 12.1 Å². The number of carbonyl (C=O) groups excluding carboxylic acids is 1. The molecular formula is C23H28BrNO3. The van der Waals surface area contributed by atoms with Crippen molar-refractivity contribution < 1.29 is 36.1 Å². The number of quaternary nitrogens is 1. The largest absolute Gasteiger partial charge is 1.00 e. The van der Waals surface area contributed by atoms with Crippen LogP contribution in [0.1, 0.15) is 25.0 Å². The van der Waals surface area contributed by atoms with Crippen LogP contribution in [0.5, 0.6) is 0 Å². The van der Waals surface area contributed by atoms with Crippen LogP contribution < -0.4 is 17.0 Å². The van der Waals surface area contributed by atoms with Crippen LogP contribution in [0.15, 0.2) is 60.7 Å². The van der Waals surface area contributed by atoms with E-state index in [1.54, 1.807) is 48.5 Å². The van der Waals surface area contributed by atoms with Crippen LogP contribution in [0, 0.1) is 11.8 Å². The molecule has 0 radical (unpaired) electrons. The molecular weight excluding hydrogens is 418 g/mol. The predicted octanol–water partition coefficient (Wildman–Crippen LogP) is -0.0405. The van der Waals surface area contributed by atoms with Crippen molar-refractivity contribution >= 4 is 5.97 Å². The summed E-state index contributed by atoms with van der Waals surface area (Å²) >= 11 is 0. The number of nitrogens with zero attached hydrogens (tertiary/aromatic N) is 1. The first kappa shape index (κ1) is 23.9. The monoisotopic (exact) mass is 445 g/mol. The van der Waals surface area contributed by atoms with Crippen molar-refractivity contribution in [2.75, 3.05) is 33.3 Å². The first-order valence-electron chi connectivity index (χ1n) is 9.26. The number of ether oxygens (including phenoxy) is 1. The van der Waals surface area contributed by atoms with E-state index in [9.17, 15) is 9.90 Å². The number of halogens is 1. The number of benzene rings is 2. The molecule has 0 fully saturated rings. The van der Waals surface area contributed by atoms with E-state index in [4.69, 9.17) is 4.74 Å². The highest BCUT2D eigenvalue weighted by Crippen LogP contribution is 2.30. The second kappa shape index (κ2) is 11.0. The number of hydrogen-bond donors (Lipinski definition) is 1. The van der Waals surface area contributed by atoms with Gasteiger partial charge < -0.3 is 31.3 Å². The third-order valence-corrected chi connectivity index (χ3v) is 5.07. The predicted molar refractivity (Wildman–Crippen MR) is 107 cm³/mol. The molecule has 0 aliphatic rings. The second-order valence-electron chi connectivity index (χ2n) is 6.78. The smallest absolute Gasteiger partial charge is 0.348 e. The van der Waals surface area contributed by atoms with Gasteiger partial charge in [-0.2, -0.15) is 0 Å². The fourth-order valence-corrected chi connectivity index (χ4v) is 2.71. The molecule has 0 saturated heterocycles. The van der Waals surface area contributed by atoms with Crippen molar-refractivity contribution in [3.8, 4) is 11.8 Å². The highest BCUT2D eigenvalue weighted by atomic mass is 79.9. The van der Waals surface area contributed by atoms with Crippen LogP contribution in [0.4, 0.5) is 0 Å². The summed E-state index contributed by atoms with van der Waals surface area (Å²) < 4.78 is 6.17. The van der Waals surface area contributed by atoms with E-state index in [2.05, 4.69) is 32.7 Å². The Bertz CT molecular complexity index is 753. The minimum atomic E-state index is -1.86. The molecule has 0 atom stereocenters. The maximum absolute atomic E-state index is 12.8. The zero-order valence-electron chi connectivity index (χ0n) is 16.7. The molecule has 0 aliphatic carbocycles. The first-order chi connectivity index (χ1) is 13.0. The van der Waals surface area contributed by atoms with Crippen molar-refractivity contribution in [1.29, 1.82) is 0 Å². The van der Waals surface area contributed by atoms with Gasteiger partial charge in [0.25, 0.3) is 0 Å². The summed E-state index contributed by atoms with van der Waals surface area (Å²) in [6, 6.07) is 17.7. The first-order valence-corrected chi connectivity index (χ1v) is 9.26. The van der Waals surface area contributed by atoms with Gasteiger partial charge in [0.05, 0.1) is 20.1 Å². The maximum Gasteiger partial charge on any atom is 0.348 e. The van der Waals surface area contributed by atoms with Crippen LogP contribution in [0.3, 0.4) is 0 Å². The Kier molecular flexibility index (Phi) is 9.40. The van der Waals surface area contributed by atoms with Gasteiger partial charge in [-0.15, -0.1) is 0 Å². The highest BCUT2D eigenvalue weighted by Gasteiger charge is 2.41. The van der Waals surface area contributed by atoms with Crippen molar-refractivity contribution in [2.24, 2.45) is 0 Å². The lowest BCUT2D eigenvalue weighted by Gasteiger charge is -2.29. The van der Waals surface area contributed by atoms with Gasteiger partial charge in [-0.3, -0.25) is 0 Å². The van der Waals surface area contributed by atoms with Crippen molar-refractivity contribution in [3.63, 3.8) is 0 Å². The summed E-state index contributed by atoms with van der Waals surface area (Å²) in [6.45, 7) is 6.90. The summed E-state index contributed by atoms with van der Waals surface area (Å²) in [7, 11) is 2.14. The van der Waals surface area contributed by atoms with E-state index in [-0.39, 0.29) is 23.6 Å². The van der Waals surface area contributed by atoms with Gasteiger partial charge in [0, 0.05) is 0 Å². The molecule has 5 heteroatoms. The molecule has 0 aliphatic heterocycles. The molecule has 2 aromatic carbocycles. The molecule has 150 valence electrons. The Balaban J connectivity index is 0.00000392. The summed E-state index contributed by atoms with van der Waals surface area (Å²) in [5, 5.41) is 11.3. The zero-order chi connectivity index (χ0) is 19.8. The molecule has 4 nitrogen and oxygen atoms in total. The van der Waals surface area contributed by atoms with Crippen LogP contribution >= 0.6 is 0 Å². The number of rotatable bonds is 7. The number of carbonyl (C=O) groups is 1. The molecule has 0 bridgehead atoms. The summed E-state index contributed by atoms with van der Waals surface area (Å²) in [4.78, 5) is 12.8. The van der Waals surface area contributed by atoms with Crippen molar-refractivity contribution in [1.82, 2.24) is 0 Å². The highest BCUT2D eigenvalue weighted by molar-refractivity contribution is 5.85. The molecule has 2 rings (SSSR count). The molecule has 0 heterocycles. The van der Waals surface area contributed by atoms with Gasteiger partial charge in [0.2, 0.25) is 5.60 Å². The van der Waals surface area contributed by atoms with Crippen LogP contribution in [0.25, 0.3) is 0 Å². The minimum absolute atomic E-state index is 0. The molecule has 0 unspecified atom stereocenters. The van der Waals surface area contributed by atoms with E-state index in [0.717, 1.165) is 17.6 Å².